The Labute approximate surface area is 204 Å². The number of aliphatic carboxylic acids is 1. The first-order chi connectivity index (χ1) is 17.0. The van der Waals surface area contributed by atoms with Gasteiger partial charge >= 0.3 is 12.1 Å². The normalized spacial score (nSPS) is 16.2. The van der Waals surface area contributed by atoms with Gasteiger partial charge in [0.25, 0.3) is 5.91 Å². The summed E-state index contributed by atoms with van der Waals surface area (Å²) in [5.41, 5.74) is 8.35. The van der Waals surface area contributed by atoms with Gasteiger partial charge in [0.2, 0.25) is 5.91 Å². The van der Waals surface area contributed by atoms with Gasteiger partial charge in [0.05, 0.1) is 17.2 Å². The van der Waals surface area contributed by atoms with Crippen molar-refractivity contribution in [3.8, 4) is 5.69 Å². The number of likely N-dealkylation sites (tertiary alicyclic amines) is 1. The number of nitrogens with zero attached hydrogens (tertiary/aromatic N) is 3. The molecule has 0 saturated carbocycles. The van der Waals surface area contributed by atoms with Gasteiger partial charge in [0.15, 0.2) is 0 Å². The number of carbonyl (C=O) groups excluding carboxylic acids is 2. The van der Waals surface area contributed by atoms with E-state index in [1.54, 1.807) is 16.8 Å². The second kappa shape index (κ2) is 11.2. The smallest absolute Gasteiger partial charge is 0.475 e. The lowest BCUT2D eigenvalue weighted by Gasteiger charge is -2.28. The van der Waals surface area contributed by atoms with E-state index in [9.17, 15) is 22.8 Å². The summed E-state index contributed by atoms with van der Waals surface area (Å²) in [6, 6.07) is 13.2. The maximum Gasteiger partial charge on any atom is 0.490 e. The second-order valence-corrected chi connectivity index (χ2v) is 8.47. The molecular weight excluding hydrogens is 479 g/mol. The van der Waals surface area contributed by atoms with Gasteiger partial charge in [-0.25, -0.2) is 9.48 Å². The monoisotopic (exact) mass is 505 g/mol. The third-order valence-electron chi connectivity index (χ3n) is 5.71. The lowest BCUT2D eigenvalue weighted by atomic mass is 9.97. The highest BCUT2D eigenvalue weighted by molar-refractivity contribution is 6.04. The zero-order valence-electron chi connectivity index (χ0n) is 19.5. The average Bonchev–Trinajstić information content (AvgIpc) is 3.27. The number of nitrogens with one attached hydrogen (secondary N) is 1. The topological polar surface area (TPSA) is 131 Å². The van der Waals surface area contributed by atoms with Crippen molar-refractivity contribution in [2.45, 2.75) is 25.6 Å². The summed E-state index contributed by atoms with van der Waals surface area (Å²) in [5.74, 6) is -3.05. The molecule has 0 bridgehead atoms. The maximum atomic E-state index is 12.4. The summed E-state index contributed by atoms with van der Waals surface area (Å²) >= 11 is 0. The molecule has 1 saturated heterocycles. The number of piperidine rings is 1. The van der Waals surface area contributed by atoms with Crippen LogP contribution >= 0.6 is 0 Å². The van der Waals surface area contributed by atoms with E-state index in [-0.39, 0.29) is 11.8 Å². The van der Waals surface area contributed by atoms with Crippen molar-refractivity contribution in [3.05, 3.63) is 59.8 Å². The van der Waals surface area contributed by atoms with Crippen molar-refractivity contribution in [3.63, 3.8) is 0 Å². The van der Waals surface area contributed by atoms with Gasteiger partial charge in [-0.3, -0.25) is 9.59 Å². The van der Waals surface area contributed by atoms with Crippen molar-refractivity contribution >= 4 is 28.7 Å². The molecule has 0 aliphatic carbocycles. The molecule has 1 unspecified atom stereocenters. The van der Waals surface area contributed by atoms with Gasteiger partial charge in [-0.2, -0.15) is 18.3 Å². The number of hydrogen-bond donors (Lipinski definition) is 3. The highest BCUT2D eigenvalue weighted by Gasteiger charge is 2.38. The highest BCUT2D eigenvalue weighted by Crippen LogP contribution is 2.20. The van der Waals surface area contributed by atoms with Crippen LogP contribution in [0.3, 0.4) is 0 Å². The second-order valence-electron chi connectivity index (χ2n) is 8.47. The number of amides is 2. The number of carboxylic acid groups (broad SMARTS) is 1. The Hall–Kier alpha value is -3.93. The first-order valence-corrected chi connectivity index (χ1v) is 11.1. The molecule has 9 nitrogen and oxygen atoms in total. The SMILES string of the molecule is CN1CCCC(C(=O)NCc2ccc(-n3cc4cccc(C(N)=O)c4n3)cc2)C1.O=C(O)C(F)(F)F. The first-order valence-electron chi connectivity index (χ1n) is 11.1. The number of nitrogens with two attached hydrogens (primary N) is 1. The summed E-state index contributed by atoms with van der Waals surface area (Å²) < 4.78 is 33.5. The molecule has 1 fully saturated rings. The minimum absolute atomic E-state index is 0.0731. The fourth-order valence-corrected chi connectivity index (χ4v) is 3.86. The summed E-state index contributed by atoms with van der Waals surface area (Å²) in [7, 11) is 2.06. The van der Waals surface area contributed by atoms with Gasteiger partial charge in [0.1, 0.15) is 5.52 Å². The molecule has 2 heterocycles. The maximum absolute atomic E-state index is 12.4. The fourth-order valence-electron chi connectivity index (χ4n) is 3.86. The summed E-state index contributed by atoms with van der Waals surface area (Å²) in [5, 5.41) is 15.5. The number of alkyl halides is 3. The lowest BCUT2D eigenvalue weighted by Crippen LogP contribution is -2.41. The largest absolute Gasteiger partial charge is 0.490 e. The Morgan fingerprint density at radius 2 is 1.83 bits per heavy atom. The molecule has 1 aliphatic rings. The predicted molar refractivity (Wildman–Crippen MR) is 125 cm³/mol. The zero-order chi connectivity index (χ0) is 26.5. The van der Waals surface area contributed by atoms with Gasteiger partial charge < -0.3 is 21.1 Å². The summed E-state index contributed by atoms with van der Waals surface area (Å²) in [6.45, 7) is 2.39. The van der Waals surface area contributed by atoms with E-state index in [4.69, 9.17) is 15.6 Å². The molecule has 1 atom stereocenters. The number of fused-ring (bicyclic) bond motifs is 1. The number of carbonyl (C=O) groups is 3. The minimum Gasteiger partial charge on any atom is -0.475 e. The number of halogens is 3. The molecule has 36 heavy (non-hydrogen) atoms. The van der Waals surface area contributed by atoms with E-state index in [0.717, 1.165) is 42.6 Å². The van der Waals surface area contributed by atoms with Crippen LogP contribution in [0.15, 0.2) is 48.7 Å². The zero-order valence-corrected chi connectivity index (χ0v) is 19.5. The van der Waals surface area contributed by atoms with Gasteiger partial charge in [-0.05, 0) is 50.2 Å². The molecule has 4 N–H and O–H groups in total. The molecule has 4 rings (SSSR count). The van der Waals surface area contributed by atoms with E-state index in [2.05, 4.69) is 22.4 Å². The van der Waals surface area contributed by atoms with Crippen LogP contribution < -0.4 is 11.1 Å². The van der Waals surface area contributed by atoms with Crippen molar-refractivity contribution in [2.24, 2.45) is 11.7 Å². The van der Waals surface area contributed by atoms with Crippen LogP contribution in [0.1, 0.15) is 28.8 Å². The van der Waals surface area contributed by atoms with E-state index < -0.39 is 18.1 Å². The molecule has 0 radical (unpaired) electrons. The predicted octanol–water partition coefficient (Wildman–Crippen LogP) is 2.72. The average molecular weight is 505 g/mol. The van der Waals surface area contributed by atoms with Crippen molar-refractivity contribution < 1.29 is 32.7 Å². The minimum atomic E-state index is -5.08. The highest BCUT2D eigenvalue weighted by atomic mass is 19.4. The van der Waals surface area contributed by atoms with Crippen molar-refractivity contribution in [1.82, 2.24) is 20.0 Å². The van der Waals surface area contributed by atoms with E-state index in [0.29, 0.717) is 17.6 Å². The molecule has 1 aromatic heterocycles. The molecule has 192 valence electrons. The van der Waals surface area contributed by atoms with Crippen LogP contribution in [-0.2, 0) is 16.1 Å². The fraction of sp³-hybridized carbons (Fsp3) is 0.333. The number of carboxylic acids is 1. The number of aromatic nitrogens is 2. The molecule has 2 amide bonds. The molecule has 3 aromatic rings. The third-order valence-corrected chi connectivity index (χ3v) is 5.71. The molecule has 1 aliphatic heterocycles. The Kier molecular flexibility index (Phi) is 8.30. The quantitative estimate of drug-likeness (QED) is 0.489. The Morgan fingerprint density at radius 3 is 2.42 bits per heavy atom. The van der Waals surface area contributed by atoms with Crippen LogP contribution in [0.5, 0.6) is 0 Å². The third kappa shape index (κ3) is 6.81. The van der Waals surface area contributed by atoms with Crippen LogP contribution in [-0.4, -0.2) is 63.9 Å². The van der Waals surface area contributed by atoms with Crippen LogP contribution in [0, 0.1) is 5.92 Å². The lowest BCUT2D eigenvalue weighted by molar-refractivity contribution is -0.192. The number of primary amides is 1. The number of hydrogen-bond acceptors (Lipinski definition) is 5. The first kappa shape index (κ1) is 26.7. The molecular formula is C24H26F3N5O4. The van der Waals surface area contributed by atoms with Gasteiger partial charge in [0, 0.05) is 24.7 Å². The van der Waals surface area contributed by atoms with E-state index in [1.165, 1.54) is 0 Å². The van der Waals surface area contributed by atoms with Gasteiger partial charge in [-0.15, -0.1) is 0 Å². The Morgan fingerprint density at radius 1 is 1.17 bits per heavy atom. The van der Waals surface area contributed by atoms with Crippen molar-refractivity contribution in [2.75, 3.05) is 20.1 Å². The number of rotatable bonds is 5. The van der Waals surface area contributed by atoms with Gasteiger partial charge in [-0.1, -0.05) is 24.3 Å². The molecule has 12 heteroatoms. The van der Waals surface area contributed by atoms with Crippen LogP contribution in [0.25, 0.3) is 16.6 Å². The standard InChI is InChI=1S/C22H25N5O2.C2HF3O2/c1-26-11-3-5-17(13-26)22(29)24-12-15-7-9-18(10-8-15)27-14-16-4-2-6-19(21(23)28)20(16)25-27;3-2(4,5)1(6)7/h2,4,6-10,14,17H,3,5,11-13H2,1H3,(H2,23,28)(H,24,29);(H,6,7). The molecule has 0 spiro atoms. The Bertz CT molecular complexity index is 1240. The molecule has 2 aromatic carbocycles. The summed E-state index contributed by atoms with van der Waals surface area (Å²) in [6.07, 6.45) is -1.19. The number of benzene rings is 2. The van der Waals surface area contributed by atoms with Crippen molar-refractivity contribution in [1.29, 1.82) is 0 Å². The summed E-state index contributed by atoms with van der Waals surface area (Å²) in [4.78, 5) is 35.1. The van der Waals surface area contributed by atoms with E-state index >= 15 is 0 Å². The Balaban J connectivity index is 0.000000454. The van der Waals surface area contributed by atoms with Crippen LogP contribution in [0.4, 0.5) is 13.2 Å². The van der Waals surface area contributed by atoms with E-state index in [1.807, 2.05) is 36.5 Å². The van der Waals surface area contributed by atoms with Crippen LogP contribution in [0.2, 0.25) is 0 Å².